The molecule has 1 aromatic heterocycles. The van der Waals surface area contributed by atoms with Crippen molar-refractivity contribution in [1.29, 1.82) is 0 Å². The first kappa shape index (κ1) is 13.4. The van der Waals surface area contributed by atoms with Gasteiger partial charge in [-0.25, -0.2) is 4.99 Å². The van der Waals surface area contributed by atoms with E-state index in [9.17, 15) is 0 Å². The average Bonchev–Trinajstić information content (AvgIpc) is 3.01. The highest BCUT2D eigenvalue weighted by Crippen LogP contribution is 2.46. The lowest BCUT2D eigenvalue weighted by Crippen LogP contribution is -2.48. The van der Waals surface area contributed by atoms with Crippen molar-refractivity contribution in [2.24, 2.45) is 10.7 Å². The Balaban J connectivity index is 1.60. The van der Waals surface area contributed by atoms with Crippen LogP contribution in [0.1, 0.15) is 24.1 Å². The molecule has 0 radical (unpaired) electrons. The van der Waals surface area contributed by atoms with Crippen molar-refractivity contribution in [3.05, 3.63) is 20.8 Å². The standard InChI is InChI=1S/C13H18BrN3OS/c1-8-7-17(4-5-18-8)13(15)16-10-6-9(10)11-2-3-12(14)19-11/h2-3,8-10H,4-7H2,1H3,(H2,15,16)/t8?,9-,10-/m1/s1. The predicted octanol–water partition coefficient (Wildman–Crippen LogP) is 2.40. The minimum Gasteiger partial charge on any atom is -0.375 e. The fourth-order valence-electron chi connectivity index (χ4n) is 2.44. The molecule has 2 heterocycles. The Hall–Kier alpha value is -0.590. The number of rotatable bonds is 2. The van der Waals surface area contributed by atoms with Gasteiger partial charge in [-0.3, -0.25) is 0 Å². The van der Waals surface area contributed by atoms with Crippen molar-refractivity contribution in [3.63, 3.8) is 0 Å². The lowest BCUT2D eigenvalue weighted by molar-refractivity contribution is 0.00528. The summed E-state index contributed by atoms with van der Waals surface area (Å²) in [5.41, 5.74) is 6.11. The second-order valence-corrected chi connectivity index (χ2v) is 7.66. The number of nitrogens with zero attached hydrogens (tertiary/aromatic N) is 2. The zero-order valence-electron chi connectivity index (χ0n) is 10.9. The molecule has 2 N–H and O–H groups in total. The normalized spacial score (nSPS) is 31.6. The van der Waals surface area contributed by atoms with E-state index in [2.05, 4.69) is 44.9 Å². The van der Waals surface area contributed by atoms with Gasteiger partial charge >= 0.3 is 0 Å². The Labute approximate surface area is 125 Å². The summed E-state index contributed by atoms with van der Waals surface area (Å²) in [6.07, 6.45) is 1.36. The molecule has 0 aromatic carbocycles. The lowest BCUT2D eigenvalue weighted by atomic mass is 10.3. The highest BCUT2D eigenvalue weighted by atomic mass is 79.9. The maximum absolute atomic E-state index is 6.11. The first-order valence-electron chi connectivity index (χ1n) is 6.58. The zero-order chi connectivity index (χ0) is 13.4. The van der Waals surface area contributed by atoms with Crippen molar-refractivity contribution < 1.29 is 4.74 Å². The Morgan fingerprint density at radius 1 is 1.58 bits per heavy atom. The molecule has 1 saturated carbocycles. The van der Waals surface area contributed by atoms with E-state index in [-0.39, 0.29) is 6.10 Å². The molecule has 3 atom stereocenters. The molecule has 2 aliphatic rings. The maximum Gasteiger partial charge on any atom is 0.191 e. The molecule has 1 unspecified atom stereocenters. The second kappa shape index (κ2) is 5.42. The van der Waals surface area contributed by atoms with Crippen LogP contribution in [0.15, 0.2) is 20.9 Å². The molecule has 19 heavy (non-hydrogen) atoms. The zero-order valence-corrected chi connectivity index (χ0v) is 13.3. The number of halogens is 1. The topological polar surface area (TPSA) is 50.8 Å². The predicted molar refractivity (Wildman–Crippen MR) is 81.8 cm³/mol. The van der Waals surface area contributed by atoms with E-state index < -0.39 is 0 Å². The smallest absolute Gasteiger partial charge is 0.191 e. The largest absolute Gasteiger partial charge is 0.375 e. The van der Waals surface area contributed by atoms with E-state index in [1.807, 2.05) is 0 Å². The third kappa shape index (κ3) is 3.12. The number of thiophene rings is 1. The molecule has 0 bridgehead atoms. The number of morpholine rings is 1. The maximum atomic E-state index is 6.11. The summed E-state index contributed by atoms with van der Waals surface area (Å²) in [5.74, 6) is 1.24. The molecule has 1 aromatic rings. The van der Waals surface area contributed by atoms with E-state index in [1.165, 1.54) is 8.66 Å². The van der Waals surface area contributed by atoms with Crippen LogP contribution in [0.4, 0.5) is 0 Å². The Morgan fingerprint density at radius 3 is 3.11 bits per heavy atom. The number of nitrogens with two attached hydrogens (primary N) is 1. The minimum atomic E-state index is 0.241. The summed E-state index contributed by atoms with van der Waals surface area (Å²) >= 11 is 5.30. The second-order valence-electron chi connectivity index (χ2n) is 5.17. The van der Waals surface area contributed by atoms with Gasteiger partial charge in [-0.15, -0.1) is 11.3 Å². The van der Waals surface area contributed by atoms with Gasteiger partial charge in [0.25, 0.3) is 0 Å². The van der Waals surface area contributed by atoms with Crippen molar-refractivity contribution in [3.8, 4) is 0 Å². The molecular formula is C13H18BrN3OS. The quantitative estimate of drug-likeness (QED) is 0.662. The van der Waals surface area contributed by atoms with E-state index in [1.54, 1.807) is 11.3 Å². The van der Waals surface area contributed by atoms with Crippen LogP contribution < -0.4 is 5.73 Å². The molecule has 6 heteroatoms. The molecule has 1 saturated heterocycles. The summed E-state index contributed by atoms with van der Waals surface area (Å²) in [6, 6.07) is 4.65. The number of guanidine groups is 1. The van der Waals surface area contributed by atoms with E-state index in [0.29, 0.717) is 17.9 Å². The molecule has 0 spiro atoms. The first-order chi connectivity index (χ1) is 9.13. The SMILES string of the molecule is CC1CN(C(N)=N[C@@H]2C[C@H]2c2ccc(Br)s2)CCO1. The monoisotopic (exact) mass is 343 g/mol. The van der Waals surface area contributed by atoms with Gasteiger partial charge < -0.3 is 15.4 Å². The van der Waals surface area contributed by atoms with Gasteiger partial charge in [0, 0.05) is 23.9 Å². The molecule has 1 aliphatic heterocycles. The van der Waals surface area contributed by atoms with Crippen molar-refractivity contribution >= 4 is 33.2 Å². The lowest BCUT2D eigenvalue weighted by Gasteiger charge is -2.31. The molecule has 104 valence electrons. The number of ether oxygens (including phenoxy) is 1. The van der Waals surface area contributed by atoms with Crippen LogP contribution in [-0.2, 0) is 4.74 Å². The van der Waals surface area contributed by atoms with Crippen molar-refractivity contribution in [2.75, 3.05) is 19.7 Å². The minimum absolute atomic E-state index is 0.241. The van der Waals surface area contributed by atoms with E-state index >= 15 is 0 Å². The fourth-order valence-corrected chi connectivity index (χ4v) is 4.03. The number of hydrogen-bond acceptors (Lipinski definition) is 3. The van der Waals surface area contributed by atoms with Crippen LogP contribution in [0.25, 0.3) is 0 Å². The average molecular weight is 344 g/mol. The van der Waals surface area contributed by atoms with Gasteiger partial charge in [0.1, 0.15) is 0 Å². The Bertz CT molecular complexity index is 490. The van der Waals surface area contributed by atoms with Crippen LogP contribution in [-0.4, -0.2) is 42.7 Å². The van der Waals surface area contributed by atoms with Gasteiger partial charge in [-0.1, -0.05) is 0 Å². The molecule has 3 rings (SSSR count). The third-order valence-electron chi connectivity index (χ3n) is 3.58. The number of hydrogen-bond donors (Lipinski definition) is 1. The third-order valence-corrected chi connectivity index (χ3v) is 5.33. The molecule has 4 nitrogen and oxygen atoms in total. The highest BCUT2D eigenvalue weighted by Gasteiger charge is 2.40. The van der Waals surface area contributed by atoms with Gasteiger partial charge in [0.15, 0.2) is 5.96 Å². The summed E-state index contributed by atoms with van der Waals surface area (Å²) in [4.78, 5) is 8.21. The number of aliphatic imine (C=N–C) groups is 1. The van der Waals surface area contributed by atoms with Gasteiger partial charge in [0.05, 0.1) is 22.5 Å². The summed E-state index contributed by atoms with van der Waals surface area (Å²) in [7, 11) is 0. The van der Waals surface area contributed by atoms with Gasteiger partial charge in [-0.2, -0.15) is 0 Å². The summed E-state index contributed by atoms with van der Waals surface area (Å²) in [5, 5.41) is 0. The van der Waals surface area contributed by atoms with Crippen LogP contribution >= 0.6 is 27.3 Å². The summed E-state index contributed by atoms with van der Waals surface area (Å²) < 4.78 is 6.70. The van der Waals surface area contributed by atoms with Crippen LogP contribution in [0.2, 0.25) is 0 Å². The Morgan fingerprint density at radius 2 is 2.42 bits per heavy atom. The fraction of sp³-hybridized carbons (Fsp3) is 0.615. The van der Waals surface area contributed by atoms with Crippen molar-refractivity contribution in [2.45, 2.75) is 31.4 Å². The van der Waals surface area contributed by atoms with E-state index in [0.717, 1.165) is 26.1 Å². The first-order valence-corrected chi connectivity index (χ1v) is 8.19. The highest BCUT2D eigenvalue weighted by molar-refractivity contribution is 9.11. The molecule has 2 fully saturated rings. The molecule has 1 aliphatic carbocycles. The summed E-state index contributed by atoms with van der Waals surface area (Å²) in [6.45, 7) is 4.50. The van der Waals surface area contributed by atoms with Crippen LogP contribution in [0, 0.1) is 0 Å². The van der Waals surface area contributed by atoms with Crippen LogP contribution in [0.3, 0.4) is 0 Å². The van der Waals surface area contributed by atoms with Gasteiger partial charge in [0.2, 0.25) is 0 Å². The van der Waals surface area contributed by atoms with Gasteiger partial charge in [-0.05, 0) is 41.4 Å². The molecular weight excluding hydrogens is 326 g/mol. The van der Waals surface area contributed by atoms with Crippen LogP contribution in [0.5, 0.6) is 0 Å². The Kier molecular flexibility index (Phi) is 3.82. The molecule has 0 amide bonds. The van der Waals surface area contributed by atoms with Crippen molar-refractivity contribution in [1.82, 2.24) is 4.90 Å². The van der Waals surface area contributed by atoms with E-state index in [4.69, 9.17) is 10.5 Å².